The molecule has 1 atom stereocenters. The minimum absolute atomic E-state index is 0.0514. The summed E-state index contributed by atoms with van der Waals surface area (Å²) < 4.78 is 12.4. The van der Waals surface area contributed by atoms with Crippen molar-refractivity contribution in [3.63, 3.8) is 0 Å². The minimum Gasteiger partial charge on any atom is -0.228 e. The normalized spacial score (nSPS) is 13.4. The van der Waals surface area contributed by atoms with E-state index >= 15 is 0 Å². The Bertz CT molecular complexity index is 241. The lowest BCUT2D eigenvalue weighted by atomic mass is 9.99. The summed E-state index contributed by atoms with van der Waals surface area (Å²) in [5.74, 6) is -0.245. The van der Waals surface area contributed by atoms with E-state index in [1.165, 1.54) is 12.1 Å². The van der Waals surface area contributed by atoms with Gasteiger partial charge in [-0.15, -0.1) is 0 Å². The molecule has 0 saturated carbocycles. The quantitative estimate of drug-likeness (QED) is 0.645. The molecule has 0 aromatic heterocycles. The van der Waals surface area contributed by atoms with E-state index in [1.54, 1.807) is 12.1 Å². The molecule has 0 aliphatic heterocycles. The highest BCUT2D eigenvalue weighted by atomic mass is 19.1. The second-order valence-corrected chi connectivity index (χ2v) is 3.22. The summed E-state index contributed by atoms with van der Waals surface area (Å²) >= 11 is 0. The number of hydrogen-bond donors (Lipinski definition) is 0. The van der Waals surface area contributed by atoms with Crippen molar-refractivity contribution in [3.8, 4) is 0 Å². The Kier molecular flexibility index (Phi) is 2.82. The minimum atomic E-state index is -0.745. The zero-order valence-corrected chi connectivity index (χ0v) is 7.25. The van der Waals surface area contributed by atoms with Gasteiger partial charge in [-0.25, -0.2) is 9.50 Å². The Balaban J connectivity index is 2.82. The molecule has 2 heteroatoms. The molecular formula is C10H12FO. The van der Waals surface area contributed by atoms with Crippen LogP contribution in [-0.4, -0.2) is 0 Å². The van der Waals surface area contributed by atoms with E-state index in [4.69, 9.17) is 0 Å². The maximum atomic E-state index is 12.4. The molecule has 0 amide bonds. The van der Waals surface area contributed by atoms with E-state index < -0.39 is 6.10 Å². The molecule has 0 fully saturated rings. The maximum absolute atomic E-state index is 12.4. The van der Waals surface area contributed by atoms with Crippen LogP contribution in [0.5, 0.6) is 0 Å². The van der Waals surface area contributed by atoms with Crippen molar-refractivity contribution < 1.29 is 9.50 Å². The third kappa shape index (κ3) is 2.05. The smallest absolute Gasteiger partial charge is 0.123 e. The Morgan fingerprint density at radius 3 is 2.08 bits per heavy atom. The lowest BCUT2D eigenvalue weighted by Gasteiger charge is -2.11. The highest BCUT2D eigenvalue weighted by Gasteiger charge is 2.13. The van der Waals surface area contributed by atoms with E-state index in [-0.39, 0.29) is 11.7 Å². The number of halogens is 1. The molecule has 1 rings (SSSR count). The van der Waals surface area contributed by atoms with Gasteiger partial charge in [-0.3, -0.25) is 0 Å². The molecule has 0 spiro atoms. The van der Waals surface area contributed by atoms with Gasteiger partial charge in [-0.1, -0.05) is 26.0 Å². The molecule has 1 aromatic rings. The fourth-order valence-electron chi connectivity index (χ4n) is 1.04. The van der Waals surface area contributed by atoms with E-state index in [0.29, 0.717) is 5.56 Å². The topological polar surface area (TPSA) is 19.9 Å². The van der Waals surface area contributed by atoms with Crippen molar-refractivity contribution in [2.45, 2.75) is 20.0 Å². The largest absolute Gasteiger partial charge is 0.228 e. The van der Waals surface area contributed by atoms with Crippen LogP contribution in [0.4, 0.5) is 4.39 Å². The lowest BCUT2D eigenvalue weighted by molar-refractivity contribution is 0.0487. The fraction of sp³-hybridized carbons (Fsp3) is 0.400. The zero-order valence-electron chi connectivity index (χ0n) is 7.25. The summed E-state index contributed by atoms with van der Waals surface area (Å²) in [5.41, 5.74) is 0.659. The predicted octanol–water partition coefficient (Wildman–Crippen LogP) is 2.95. The van der Waals surface area contributed by atoms with Crippen molar-refractivity contribution >= 4 is 0 Å². The molecule has 12 heavy (non-hydrogen) atoms. The number of benzene rings is 1. The Labute approximate surface area is 71.9 Å². The van der Waals surface area contributed by atoms with Crippen LogP contribution in [0, 0.1) is 11.7 Å². The standard InChI is InChI=1S/C10H12FO/c1-7(2)10(12)8-3-5-9(11)6-4-8/h3-7,10H,1-2H3. The number of hydrogen-bond acceptors (Lipinski definition) is 0. The summed E-state index contributed by atoms with van der Waals surface area (Å²) in [7, 11) is 0. The van der Waals surface area contributed by atoms with Gasteiger partial charge in [-0.05, 0) is 23.6 Å². The van der Waals surface area contributed by atoms with Crippen LogP contribution in [0.1, 0.15) is 25.5 Å². The van der Waals surface area contributed by atoms with Gasteiger partial charge in [0.2, 0.25) is 0 Å². The molecule has 0 saturated heterocycles. The first-order valence-corrected chi connectivity index (χ1v) is 4.02. The average Bonchev–Trinajstić information content (AvgIpc) is 2.04. The molecule has 0 heterocycles. The Hall–Kier alpha value is -0.890. The monoisotopic (exact) mass is 167 g/mol. The van der Waals surface area contributed by atoms with E-state index in [1.807, 2.05) is 13.8 Å². The van der Waals surface area contributed by atoms with Crippen LogP contribution in [0.2, 0.25) is 0 Å². The zero-order chi connectivity index (χ0) is 9.14. The second kappa shape index (κ2) is 3.68. The third-order valence-corrected chi connectivity index (χ3v) is 1.80. The molecule has 1 nitrogen and oxygen atoms in total. The van der Waals surface area contributed by atoms with Gasteiger partial charge in [0.05, 0.1) is 0 Å². The predicted molar refractivity (Wildman–Crippen MR) is 44.7 cm³/mol. The van der Waals surface area contributed by atoms with Crippen molar-refractivity contribution in [3.05, 3.63) is 35.6 Å². The van der Waals surface area contributed by atoms with Crippen molar-refractivity contribution in [2.75, 3.05) is 0 Å². The maximum Gasteiger partial charge on any atom is 0.123 e. The van der Waals surface area contributed by atoms with Crippen LogP contribution in [-0.2, 0) is 5.11 Å². The highest BCUT2D eigenvalue weighted by molar-refractivity contribution is 5.18. The fourth-order valence-corrected chi connectivity index (χ4v) is 1.04. The molecule has 1 unspecified atom stereocenters. The summed E-state index contributed by atoms with van der Waals surface area (Å²) in [6, 6.07) is 5.74. The van der Waals surface area contributed by atoms with Gasteiger partial charge in [0.25, 0.3) is 0 Å². The summed E-state index contributed by atoms with van der Waals surface area (Å²) in [4.78, 5) is 0. The molecular weight excluding hydrogens is 155 g/mol. The van der Waals surface area contributed by atoms with Gasteiger partial charge >= 0.3 is 0 Å². The Morgan fingerprint density at radius 1 is 1.17 bits per heavy atom. The Morgan fingerprint density at radius 2 is 1.67 bits per heavy atom. The van der Waals surface area contributed by atoms with Crippen LogP contribution in [0.3, 0.4) is 0 Å². The van der Waals surface area contributed by atoms with Crippen molar-refractivity contribution in [2.24, 2.45) is 5.92 Å². The van der Waals surface area contributed by atoms with E-state index in [2.05, 4.69) is 0 Å². The van der Waals surface area contributed by atoms with Crippen LogP contribution < -0.4 is 0 Å². The first-order chi connectivity index (χ1) is 5.61. The van der Waals surface area contributed by atoms with Crippen LogP contribution in [0.25, 0.3) is 0 Å². The summed E-state index contributed by atoms with van der Waals surface area (Å²) in [6.45, 7) is 3.72. The first kappa shape index (κ1) is 9.20. The highest BCUT2D eigenvalue weighted by Crippen LogP contribution is 2.21. The molecule has 0 aliphatic carbocycles. The average molecular weight is 167 g/mol. The molecule has 0 N–H and O–H groups in total. The molecule has 65 valence electrons. The van der Waals surface area contributed by atoms with Gasteiger partial charge in [0, 0.05) is 0 Å². The molecule has 1 radical (unpaired) electrons. The van der Waals surface area contributed by atoms with Gasteiger partial charge < -0.3 is 0 Å². The van der Waals surface area contributed by atoms with Gasteiger partial charge in [0.15, 0.2) is 0 Å². The van der Waals surface area contributed by atoms with Gasteiger partial charge in [0.1, 0.15) is 11.9 Å². The third-order valence-electron chi connectivity index (χ3n) is 1.80. The first-order valence-electron chi connectivity index (χ1n) is 4.02. The number of rotatable bonds is 2. The van der Waals surface area contributed by atoms with E-state index in [9.17, 15) is 9.50 Å². The molecule has 0 aliphatic rings. The molecule has 0 bridgehead atoms. The van der Waals surface area contributed by atoms with E-state index in [0.717, 1.165) is 0 Å². The summed E-state index contributed by atoms with van der Waals surface area (Å²) in [5, 5.41) is 11.4. The van der Waals surface area contributed by atoms with Crippen LogP contribution in [0.15, 0.2) is 24.3 Å². The van der Waals surface area contributed by atoms with Crippen LogP contribution >= 0.6 is 0 Å². The van der Waals surface area contributed by atoms with Crippen molar-refractivity contribution in [1.82, 2.24) is 0 Å². The summed E-state index contributed by atoms with van der Waals surface area (Å²) in [6.07, 6.45) is -0.745. The molecule has 1 aromatic carbocycles. The SMILES string of the molecule is CC(C)C([O])c1ccc(F)cc1. The second-order valence-electron chi connectivity index (χ2n) is 3.22. The van der Waals surface area contributed by atoms with Crippen molar-refractivity contribution in [1.29, 1.82) is 0 Å². The van der Waals surface area contributed by atoms with Gasteiger partial charge in [-0.2, -0.15) is 0 Å². The lowest BCUT2D eigenvalue weighted by Crippen LogP contribution is -2.03.